The molecule has 1 fully saturated rings. The van der Waals surface area contributed by atoms with Gasteiger partial charge in [0.15, 0.2) is 0 Å². The summed E-state index contributed by atoms with van der Waals surface area (Å²) >= 11 is 3.91. The molecule has 172 valence electrons. The molecular weight excluding hydrogens is 409 g/mol. The molecule has 0 aliphatic carbocycles. The molecule has 0 radical (unpaired) electrons. The molecule has 1 aromatic rings. The van der Waals surface area contributed by atoms with Gasteiger partial charge >= 0.3 is 0 Å². The fourth-order valence-electron chi connectivity index (χ4n) is 2.98. The number of thiol groups is 1. The summed E-state index contributed by atoms with van der Waals surface area (Å²) in [4.78, 5) is 0.657. The molecule has 6 N–H and O–H groups in total. The number of hydrogen-bond acceptors (Lipinski definition) is 6. The van der Waals surface area contributed by atoms with E-state index >= 15 is 0 Å². The lowest BCUT2D eigenvalue weighted by molar-refractivity contribution is 0.596. The first-order chi connectivity index (χ1) is 14.8. The quantitative estimate of drug-likeness (QED) is 0.182. The molecule has 1 aliphatic rings. The third kappa shape index (κ3) is 11.0. The van der Waals surface area contributed by atoms with Crippen LogP contribution in [0.25, 0.3) is 5.57 Å². The van der Waals surface area contributed by atoms with Crippen molar-refractivity contribution in [2.75, 3.05) is 18.4 Å². The van der Waals surface area contributed by atoms with Gasteiger partial charge in [-0.3, -0.25) is 0 Å². The van der Waals surface area contributed by atoms with Crippen molar-refractivity contribution < 1.29 is 4.39 Å². The Balaban J connectivity index is 0.000000762. The van der Waals surface area contributed by atoms with Crippen LogP contribution in [0.3, 0.4) is 0 Å². The van der Waals surface area contributed by atoms with Crippen LogP contribution in [-0.2, 0) is 0 Å². The average Bonchev–Trinajstić information content (AvgIpc) is 3.19. The Morgan fingerprint density at radius 3 is 2.45 bits per heavy atom. The minimum atomic E-state index is -0.215. The molecule has 1 aromatic carbocycles. The highest BCUT2D eigenvalue weighted by Gasteiger charge is 2.20. The van der Waals surface area contributed by atoms with Crippen LogP contribution in [0, 0.1) is 16.7 Å². The molecule has 1 aliphatic heterocycles. The Morgan fingerprint density at radius 1 is 1.35 bits per heavy atom. The van der Waals surface area contributed by atoms with E-state index in [1.54, 1.807) is 6.08 Å². The normalized spacial score (nSPS) is 18.9. The first-order valence-electron chi connectivity index (χ1n) is 10.6. The van der Waals surface area contributed by atoms with Gasteiger partial charge in [-0.25, -0.2) is 4.39 Å². The van der Waals surface area contributed by atoms with Crippen LogP contribution in [-0.4, -0.2) is 31.6 Å². The van der Waals surface area contributed by atoms with Crippen LogP contribution in [0.4, 0.5) is 10.1 Å². The first-order valence-corrected chi connectivity index (χ1v) is 11.0. The monoisotopic (exact) mass is 447 g/mol. The molecule has 1 unspecified atom stereocenters. The van der Waals surface area contributed by atoms with Gasteiger partial charge in [0.2, 0.25) is 0 Å². The molecule has 0 bridgehead atoms. The van der Waals surface area contributed by atoms with E-state index in [1.165, 1.54) is 38.0 Å². The zero-order chi connectivity index (χ0) is 23.8. The van der Waals surface area contributed by atoms with Gasteiger partial charge in [0, 0.05) is 52.9 Å². The lowest BCUT2D eigenvalue weighted by Gasteiger charge is -2.14. The van der Waals surface area contributed by atoms with E-state index in [-0.39, 0.29) is 5.83 Å². The van der Waals surface area contributed by atoms with Crippen LogP contribution < -0.4 is 16.4 Å². The molecule has 31 heavy (non-hydrogen) atoms. The number of rotatable bonds is 7. The average molecular weight is 448 g/mol. The van der Waals surface area contributed by atoms with Gasteiger partial charge in [-0.1, -0.05) is 26.0 Å². The van der Waals surface area contributed by atoms with Crippen LogP contribution in [0.2, 0.25) is 0 Å². The lowest BCUT2D eigenvalue weighted by Crippen LogP contribution is -2.19. The fraction of sp³-hybridized carbons (Fsp3) is 0.417. The summed E-state index contributed by atoms with van der Waals surface area (Å²) in [7, 11) is 0. The van der Waals surface area contributed by atoms with E-state index in [0.29, 0.717) is 22.4 Å². The van der Waals surface area contributed by atoms with Crippen LogP contribution >= 0.6 is 12.6 Å². The van der Waals surface area contributed by atoms with Gasteiger partial charge in [-0.05, 0) is 63.4 Å². The molecule has 0 amide bonds. The lowest BCUT2D eigenvalue weighted by atomic mass is 10.0. The minimum absolute atomic E-state index is 0.215. The Morgan fingerprint density at radius 2 is 2.03 bits per heavy atom. The Kier molecular flexibility index (Phi) is 15.1. The van der Waals surface area contributed by atoms with Crippen molar-refractivity contribution in [2.45, 2.75) is 47.1 Å². The topological polar surface area (TPSA) is 97.8 Å². The van der Waals surface area contributed by atoms with Crippen molar-refractivity contribution >= 4 is 36.3 Å². The van der Waals surface area contributed by atoms with E-state index in [4.69, 9.17) is 16.6 Å². The maximum Gasteiger partial charge on any atom is 0.0979 e. The van der Waals surface area contributed by atoms with Gasteiger partial charge in [-0.15, -0.1) is 12.6 Å². The minimum Gasteiger partial charge on any atom is -0.404 e. The Hall–Kier alpha value is -2.38. The number of nitrogens with one attached hydrogen (secondary N) is 4. The first kappa shape index (κ1) is 28.6. The second kappa shape index (κ2) is 16.3. The summed E-state index contributed by atoms with van der Waals surface area (Å²) in [6.07, 6.45) is 8.24. The van der Waals surface area contributed by atoms with Crippen LogP contribution in [0.1, 0.15) is 52.2 Å². The molecule has 1 saturated heterocycles. The predicted octanol–water partition coefficient (Wildman–Crippen LogP) is 5.76. The van der Waals surface area contributed by atoms with E-state index in [2.05, 4.69) is 30.2 Å². The van der Waals surface area contributed by atoms with Crippen molar-refractivity contribution in [2.24, 2.45) is 11.7 Å². The van der Waals surface area contributed by atoms with Crippen LogP contribution in [0.5, 0.6) is 0 Å². The Labute approximate surface area is 192 Å². The van der Waals surface area contributed by atoms with Crippen LogP contribution in [0.15, 0.2) is 47.3 Å². The van der Waals surface area contributed by atoms with Gasteiger partial charge in [0.1, 0.15) is 0 Å². The second-order valence-electron chi connectivity index (χ2n) is 6.95. The molecule has 0 saturated carbocycles. The maximum atomic E-state index is 11.9. The number of benzene rings is 1. The van der Waals surface area contributed by atoms with E-state index in [0.717, 1.165) is 29.9 Å². The number of hydrogen-bond donors (Lipinski definition) is 6. The fourth-order valence-corrected chi connectivity index (χ4v) is 3.16. The summed E-state index contributed by atoms with van der Waals surface area (Å²) in [6.45, 7) is 11.3. The van der Waals surface area contributed by atoms with Crippen molar-refractivity contribution in [3.63, 3.8) is 0 Å². The Bertz CT molecular complexity index is 782. The zero-order valence-electron chi connectivity index (χ0n) is 19.3. The second-order valence-corrected chi connectivity index (χ2v) is 7.47. The largest absolute Gasteiger partial charge is 0.404 e. The van der Waals surface area contributed by atoms with Crippen molar-refractivity contribution in [1.82, 2.24) is 5.32 Å². The molecule has 1 heterocycles. The molecule has 7 heteroatoms. The van der Waals surface area contributed by atoms with E-state index < -0.39 is 0 Å². The number of anilines is 1. The van der Waals surface area contributed by atoms with Gasteiger partial charge in [0.25, 0.3) is 0 Å². The summed E-state index contributed by atoms with van der Waals surface area (Å²) in [5.41, 5.74) is 8.78. The maximum absolute atomic E-state index is 11.9. The van der Waals surface area contributed by atoms with Crippen molar-refractivity contribution in [1.29, 1.82) is 10.8 Å². The van der Waals surface area contributed by atoms with Gasteiger partial charge in [0.05, 0.1) is 5.83 Å². The highest BCUT2D eigenvalue weighted by Crippen LogP contribution is 2.21. The highest BCUT2D eigenvalue weighted by molar-refractivity contribution is 7.84. The number of nitrogens with two attached hydrogens (primary N) is 1. The summed E-state index contributed by atoms with van der Waals surface area (Å²) in [6, 6.07) is 6.35. The molecule has 0 aromatic heterocycles. The SMILES string of the molecule is C/C=C(S)\C=C(/C)F.CC.C[C@H]1CC(CNc2ccc(/C(C=N)=C/N)cc2C=N)CN1. The summed E-state index contributed by atoms with van der Waals surface area (Å²) in [5.74, 6) is 0.410. The van der Waals surface area contributed by atoms with Gasteiger partial charge < -0.3 is 27.2 Å². The standard InChI is InChI=1S/C16H23N5.C6H9FS.C2H6/c1-11-4-12(9-20-11)10-21-16-3-2-13(5-14(16)6-17)15(7-18)8-19;1-3-6(8)4-5(2)7;1-2/h2-3,5-8,11-12,17-18,20-21H,4,9-10,19H2,1H3;3-4,8H,1-2H3;1-2H3/b15-8+,17-6?,18-7?;5-4+,6-3+;/t11-,12?;;/m0../s1. The smallest absolute Gasteiger partial charge is 0.0979 e. The zero-order valence-corrected chi connectivity index (χ0v) is 20.2. The van der Waals surface area contributed by atoms with E-state index in [1.807, 2.05) is 39.0 Å². The molecule has 2 rings (SSSR count). The number of allylic oxidation sites excluding steroid dienone is 4. The van der Waals surface area contributed by atoms with Gasteiger partial charge in [-0.2, -0.15) is 0 Å². The highest BCUT2D eigenvalue weighted by atomic mass is 32.1. The van der Waals surface area contributed by atoms with Crippen molar-refractivity contribution in [3.8, 4) is 0 Å². The third-order valence-electron chi connectivity index (χ3n) is 4.54. The predicted molar refractivity (Wildman–Crippen MR) is 138 cm³/mol. The number of halogens is 1. The summed E-state index contributed by atoms with van der Waals surface area (Å²) in [5, 5.41) is 21.8. The molecule has 5 nitrogen and oxygen atoms in total. The molecule has 2 atom stereocenters. The summed E-state index contributed by atoms with van der Waals surface area (Å²) < 4.78 is 11.9. The molecule has 0 spiro atoms. The van der Waals surface area contributed by atoms with Crippen molar-refractivity contribution in [3.05, 3.63) is 58.4 Å². The third-order valence-corrected chi connectivity index (χ3v) is 4.93. The molecular formula is C24H38FN5S. The van der Waals surface area contributed by atoms with E-state index in [9.17, 15) is 4.39 Å².